The van der Waals surface area contributed by atoms with E-state index in [0.717, 1.165) is 19.0 Å². The minimum absolute atomic E-state index is 0. The van der Waals surface area contributed by atoms with E-state index in [2.05, 4.69) is 34.7 Å². The fraction of sp³-hybridized carbons (Fsp3) is 0.421. The fourth-order valence-corrected chi connectivity index (χ4v) is 4.06. The second-order valence-corrected chi connectivity index (χ2v) is 7.56. The average Bonchev–Trinajstić information content (AvgIpc) is 3.11. The third kappa shape index (κ3) is 5.88. The Kier molecular flexibility index (Phi) is 9.44. The highest BCUT2D eigenvalue weighted by Gasteiger charge is 2.25. The molecule has 1 unspecified atom stereocenters. The standard InChI is InChI=1S/C19H25N3OS.2ClH/c1-14-7-9-22(10-8-14)17(18-6-3-11-24-18)13-21-19(23)15-4-2-5-16(20)12-15;;/h2-6,11-12,14,17H,7-10,13,20H2,1H3,(H,21,23);2*1H. The van der Waals surface area contributed by atoms with Gasteiger partial charge in [0.05, 0.1) is 6.04 Å². The molecule has 3 rings (SSSR count). The van der Waals surface area contributed by atoms with Gasteiger partial charge in [-0.1, -0.05) is 19.1 Å². The molecule has 1 amide bonds. The molecule has 1 aromatic heterocycles. The van der Waals surface area contributed by atoms with Crippen LogP contribution in [-0.2, 0) is 0 Å². The summed E-state index contributed by atoms with van der Waals surface area (Å²) < 4.78 is 0. The third-order valence-electron chi connectivity index (χ3n) is 4.74. The van der Waals surface area contributed by atoms with Crippen molar-refractivity contribution in [3.8, 4) is 0 Å². The summed E-state index contributed by atoms with van der Waals surface area (Å²) in [7, 11) is 0. The van der Waals surface area contributed by atoms with Gasteiger partial charge in [-0.05, 0) is 61.5 Å². The second kappa shape index (κ2) is 10.8. The first kappa shape index (κ1) is 22.8. The molecule has 2 heterocycles. The van der Waals surface area contributed by atoms with Crippen molar-refractivity contribution < 1.29 is 4.79 Å². The number of amides is 1. The first-order valence-electron chi connectivity index (χ1n) is 8.54. The molecule has 144 valence electrons. The van der Waals surface area contributed by atoms with Gasteiger partial charge in [-0.25, -0.2) is 0 Å². The van der Waals surface area contributed by atoms with E-state index in [4.69, 9.17) is 5.73 Å². The third-order valence-corrected chi connectivity index (χ3v) is 5.71. The molecule has 0 saturated carbocycles. The van der Waals surface area contributed by atoms with Crippen LogP contribution in [0.2, 0.25) is 0 Å². The quantitative estimate of drug-likeness (QED) is 0.712. The summed E-state index contributed by atoms with van der Waals surface area (Å²) >= 11 is 1.76. The normalized spacial score (nSPS) is 16.2. The lowest BCUT2D eigenvalue weighted by molar-refractivity contribution is 0.0915. The zero-order chi connectivity index (χ0) is 16.9. The maximum absolute atomic E-state index is 12.4. The highest BCUT2D eigenvalue weighted by Crippen LogP contribution is 2.29. The van der Waals surface area contributed by atoms with Gasteiger partial charge in [0.15, 0.2) is 0 Å². The Hall–Kier alpha value is -1.27. The lowest BCUT2D eigenvalue weighted by atomic mass is 9.97. The largest absolute Gasteiger partial charge is 0.399 e. The number of likely N-dealkylation sites (tertiary alicyclic amines) is 1. The van der Waals surface area contributed by atoms with Crippen LogP contribution in [0.3, 0.4) is 0 Å². The molecule has 2 aromatic rings. The Morgan fingerprint density at radius 3 is 2.62 bits per heavy atom. The molecular formula is C19H27Cl2N3OS. The van der Waals surface area contributed by atoms with E-state index in [1.807, 2.05) is 6.07 Å². The summed E-state index contributed by atoms with van der Waals surface area (Å²) in [5, 5.41) is 5.20. The number of piperidine rings is 1. The Labute approximate surface area is 172 Å². The van der Waals surface area contributed by atoms with Gasteiger partial charge in [0.25, 0.3) is 5.91 Å². The smallest absolute Gasteiger partial charge is 0.251 e. The summed E-state index contributed by atoms with van der Waals surface area (Å²) in [5.74, 6) is 0.737. The number of halogens is 2. The maximum Gasteiger partial charge on any atom is 0.251 e. The van der Waals surface area contributed by atoms with Crippen LogP contribution < -0.4 is 11.1 Å². The lowest BCUT2D eigenvalue weighted by Crippen LogP contribution is -2.41. The second-order valence-electron chi connectivity index (χ2n) is 6.59. The summed E-state index contributed by atoms with van der Waals surface area (Å²) in [5.41, 5.74) is 7.00. The molecule has 1 aliphatic heterocycles. The van der Waals surface area contributed by atoms with Gasteiger partial charge in [-0.2, -0.15) is 0 Å². The van der Waals surface area contributed by atoms with E-state index in [-0.39, 0.29) is 36.8 Å². The molecular weight excluding hydrogens is 389 g/mol. The van der Waals surface area contributed by atoms with E-state index >= 15 is 0 Å². The monoisotopic (exact) mass is 415 g/mol. The van der Waals surface area contributed by atoms with Crippen molar-refractivity contribution in [3.63, 3.8) is 0 Å². The molecule has 4 nitrogen and oxygen atoms in total. The number of nitrogen functional groups attached to an aromatic ring is 1. The van der Waals surface area contributed by atoms with Crippen molar-refractivity contribution in [2.24, 2.45) is 5.92 Å². The maximum atomic E-state index is 12.4. The van der Waals surface area contributed by atoms with E-state index in [1.54, 1.807) is 29.5 Å². The molecule has 0 bridgehead atoms. The van der Waals surface area contributed by atoms with Crippen LogP contribution in [0.25, 0.3) is 0 Å². The topological polar surface area (TPSA) is 58.4 Å². The molecule has 1 fully saturated rings. The van der Waals surface area contributed by atoms with Gasteiger partial charge in [0.2, 0.25) is 0 Å². The SMILES string of the molecule is CC1CCN(C(CNC(=O)c2cccc(N)c2)c2cccs2)CC1.Cl.Cl. The number of anilines is 1. The number of rotatable bonds is 5. The van der Waals surface area contributed by atoms with Crippen molar-refractivity contribution in [1.82, 2.24) is 10.2 Å². The van der Waals surface area contributed by atoms with Crippen LogP contribution in [0, 0.1) is 5.92 Å². The molecule has 26 heavy (non-hydrogen) atoms. The Morgan fingerprint density at radius 2 is 2.00 bits per heavy atom. The molecule has 3 N–H and O–H groups in total. The predicted octanol–water partition coefficient (Wildman–Crippen LogP) is 4.38. The number of hydrogen-bond acceptors (Lipinski definition) is 4. The van der Waals surface area contributed by atoms with Gasteiger partial charge in [-0.3, -0.25) is 9.69 Å². The van der Waals surface area contributed by atoms with Gasteiger partial charge in [0.1, 0.15) is 0 Å². The molecule has 0 radical (unpaired) electrons. The lowest BCUT2D eigenvalue weighted by Gasteiger charge is -2.36. The highest BCUT2D eigenvalue weighted by atomic mass is 35.5. The zero-order valence-electron chi connectivity index (χ0n) is 14.9. The zero-order valence-corrected chi connectivity index (χ0v) is 17.3. The van der Waals surface area contributed by atoms with Crippen molar-refractivity contribution >= 4 is 47.7 Å². The van der Waals surface area contributed by atoms with Gasteiger partial charge in [-0.15, -0.1) is 36.2 Å². The number of nitrogens with zero attached hydrogens (tertiary/aromatic N) is 1. The predicted molar refractivity (Wildman–Crippen MR) is 115 cm³/mol. The highest BCUT2D eigenvalue weighted by molar-refractivity contribution is 7.10. The van der Waals surface area contributed by atoms with E-state index in [0.29, 0.717) is 17.8 Å². The summed E-state index contributed by atoms with van der Waals surface area (Å²) in [4.78, 5) is 16.2. The minimum atomic E-state index is -0.0609. The minimum Gasteiger partial charge on any atom is -0.399 e. The number of nitrogens with one attached hydrogen (secondary N) is 1. The fourth-order valence-electron chi connectivity index (χ4n) is 3.20. The van der Waals surface area contributed by atoms with E-state index < -0.39 is 0 Å². The molecule has 7 heteroatoms. The number of carbonyl (C=O) groups excluding carboxylic acids is 1. The molecule has 1 atom stereocenters. The number of hydrogen-bond donors (Lipinski definition) is 2. The average molecular weight is 416 g/mol. The molecule has 1 aliphatic rings. The summed E-state index contributed by atoms with van der Waals surface area (Å²) in [6.07, 6.45) is 2.45. The van der Waals surface area contributed by atoms with Crippen molar-refractivity contribution in [2.75, 3.05) is 25.4 Å². The Morgan fingerprint density at radius 1 is 1.27 bits per heavy atom. The first-order chi connectivity index (χ1) is 11.6. The summed E-state index contributed by atoms with van der Waals surface area (Å²) in [6.45, 7) is 5.14. The molecule has 0 spiro atoms. The number of thiophene rings is 1. The summed E-state index contributed by atoms with van der Waals surface area (Å²) in [6, 6.07) is 11.6. The van der Waals surface area contributed by atoms with E-state index in [1.165, 1.54) is 17.7 Å². The Bertz CT molecular complexity index is 673. The molecule has 1 aromatic carbocycles. The van der Waals surface area contributed by atoms with Crippen molar-refractivity contribution in [3.05, 3.63) is 52.2 Å². The van der Waals surface area contributed by atoms with Gasteiger partial charge < -0.3 is 11.1 Å². The van der Waals surface area contributed by atoms with Crippen LogP contribution in [0.15, 0.2) is 41.8 Å². The number of benzene rings is 1. The van der Waals surface area contributed by atoms with Gasteiger partial charge >= 0.3 is 0 Å². The number of carbonyl (C=O) groups is 1. The van der Waals surface area contributed by atoms with Gasteiger partial charge in [0, 0.05) is 22.7 Å². The van der Waals surface area contributed by atoms with Crippen LogP contribution >= 0.6 is 36.2 Å². The number of nitrogens with two attached hydrogens (primary N) is 1. The first-order valence-corrected chi connectivity index (χ1v) is 9.42. The molecule has 1 saturated heterocycles. The van der Waals surface area contributed by atoms with Crippen molar-refractivity contribution in [1.29, 1.82) is 0 Å². The van der Waals surface area contributed by atoms with Crippen LogP contribution in [0.5, 0.6) is 0 Å². The molecule has 0 aliphatic carbocycles. The van der Waals surface area contributed by atoms with E-state index in [9.17, 15) is 4.79 Å². The van der Waals surface area contributed by atoms with Crippen LogP contribution in [-0.4, -0.2) is 30.4 Å². The van der Waals surface area contributed by atoms with Crippen LogP contribution in [0.1, 0.15) is 41.0 Å². The van der Waals surface area contributed by atoms with Crippen molar-refractivity contribution in [2.45, 2.75) is 25.8 Å². The van der Waals surface area contributed by atoms with Crippen LogP contribution in [0.4, 0.5) is 5.69 Å². The Balaban J connectivity index is 0.00000169.